The van der Waals surface area contributed by atoms with Crippen LogP contribution in [0, 0.1) is 23.0 Å². The fourth-order valence-electron chi connectivity index (χ4n) is 4.31. The second-order valence-electron chi connectivity index (χ2n) is 8.57. The number of halogens is 6. The van der Waals surface area contributed by atoms with Crippen molar-refractivity contribution in [3.63, 3.8) is 0 Å². The molecular formula is C23H14ClF5N6O3. The van der Waals surface area contributed by atoms with Gasteiger partial charge in [-0.3, -0.25) is 13.8 Å². The van der Waals surface area contributed by atoms with Gasteiger partial charge in [-0.05, 0) is 23.8 Å². The summed E-state index contributed by atoms with van der Waals surface area (Å²) in [5.41, 5.74) is -5.72. The normalized spacial score (nSPS) is 14.9. The Hall–Kier alpha value is -4.22. The molecule has 15 heteroatoms. The van der Waals surface area contributed by atoms with Crippen molar-refractivity contribution in [1.29, 1.82) is 5.26 Å². The van der Waals surface area contributed by atoms with E-state index < -0.39 is 65.1 Å². The molecule has 0 saturated carbocycles. The van der Waals surface area contributed by atoms with Crippen LogP contribution in [0.25, 0.3) is 22.6 Å². The number of alkyl halides is 3. The number of rotatable bonds is 4. The van der Waals surface area contributed by atoms with E-state index in [1.807, 2.05) is 0 Å². The highest BCUT2D eigenvalue weighted by molar-refractivity contribution is 6.31. The molecular weight excluding hydrogens is 539 g/mol. The summed E-state index contributed by atoms with van der Waals surface area (Å²) >= 11 is 5.91. The summed E-state index contributed by atoms with van der Waals surface area (Å²) in [6.45, 7) is -2.79. The Bertz CT molecular complexity index is 1760. The molecule has 1 N–H and O–H groups in total. The van der Waals surface area contributed by atoms with Crippen LogP contribution in [0.4, 0.5) is 27.8 Å². The Kier molecular flexibility index (Phi) is 5.80. The van der Waals surface area contributed by atoms with Crippen molar-refractivity contribution in [3.05, 3.63) is 80.2 Å². The molecule has 1 fully saturated rings. The van der Waals surface area contributed by atoms with Crippen LogP contribution in [0.2, 0.25) is 5.02 Å². The van der Waals surface area contributed by atoms with Gasteiger partial charge in [0, 0.05) is 12.3 Å². The van der Waals surface area contributed by atoms with Crippen LogP contribution in [0.5, 0.6) is 0 Å². The molecule has 1 aliphatic rings. The third-order valence-electron chi connectivity index (χ3n) is 6.17. The number of nitriles is 1. The lowest BCUT2D eigenvalue weighted by Crippen LogP contribution is -2.70. The molecule has 4 heterocycles. The molecule has 0 unspecified atom stereocenters. The molecule has 0 amide bonds. The van der Waals surface area contributed by atoms with E-state index in [1.54, 1.807) is 6.07 Å². The number of nitrogens with zero attached hydrogens (tertiary/aromatic N) is 6. The highest BCUT2D eigenvalue weighted by Crippen LogP contribution is 2.42. The predicted molar refractivity (Wildman–Crippen MR) is 124 cm³/mol. The summed E-state index contributed by atoms with van der Waals surface area (Å²) in [6.07, 6.45) is -2.71. The molecule has 0 spiro atoms. The molecule has 0 bridgehead atoms. The number of aliphatic hydroxyl groups is 1. The molecule has 3 aromatic heterocycles. The lowest BCUT2D eigenvalue weighted by Gasteiger charge is -2.48. The molecule has 4 aromatic rings. The molecule has 1 saturated heterocycles. The van der Waals surface area contributed by atoms with Crippen molar-refractivity contribution < 1.29 is 27.1 Å². The lowest BCUT2D eigenvalue weighted by atomic mass is 9.92. The van der Waals surface area contributed by atoms with E-state index in [-0.39, 0.29) is 22.6 Å². The number of benzene rings is 1. The number of imidazole rings is 1. The van der Waals surface area contributed by atoms with Gasteiger partial charge in [0.1, 0.15) is 35.5 Å². The van der Waals surface area contributed by atoms with Crippen molar-refractivity contribution in [2.45, 2.75) is 18.3 Å². The maximum absolute atomic E-state index is 13.9. The predicted octanol–water partition coefficient (Wildman–Crippen LogP) is 2.88. The first-order valence-electron chi connectivity index (χ1n) is 10.8. The maximum atomic E-state index is 13.9. The largest absolute Gasteiger partial charge is 0.420 e. The standard InChI is InChI=1S/C23H14ClF5N6O3/c24-14-7-12(1-2-15(14)26)18-19(32-10-22(38,11-32)23(27,28)29)34(6-4-30)21(37)35(20(18)36)17-9-31-16-8-13(25)3-5-33(16)17/h1-3,5,7-9,38H,6,10-11H2. The molecule has 9 nitrogen and oxygen atoms in total. The number of pyridine rings is 1. The number of anilines is 1. The van der Waals surface area contributed by atoms with Crippen LogP contribution in [0.3, 0.4) is 0 Å². The van der Waals surface area contributed by atoms with Gasteiger partial charge >= 0.3 is 11.9 Å². The van der Waals surface area contributed by atoms with E-state index in [0.717, 1.165) is 46.0 Å². The van der Waals surface area contributed by atoms with Crippen molar-refractivity contribution in [2.75, 3.05) is 18.0 Å². The summed E-state index contributed by atoms with van der Waals surface area (Å²) in [5, 5.41) is 19.0. The third-order valence-corrected chi connectivity index (χ3v) is 6.46. The highest BCUT2D eigenvalue weighted by atomic mass is 35.5. The minimum Gasteiger partial charge on any atom is -0.378 e. The fraction of sp³-hybridized carbons (Fsp3) is 0.217. The van der Waals surface area contributed by atoms with E-state index in [4.69, 9.17) is 11.6 Å². The third kappa shape index (κ3) is 3.82. The molecule has 196 valence electrons. The quantitative estimate of drug-likeness (QED) is 0.390. The van der Waals surface area contributed by atoms with Crippen LogP contribution in [-0.4, -0.2) is 48.5 Å². The molecule has 0 atom stereocenters. The molecule has 1 aromatic carbocycles. The Morgan fingerprint density at radius 3 is 2.50 bits per heavy atom. The Morgan fingerprint density at radius 1 is 1.16 bits per heavy atom. The monoisotopic (exact) mass is 552 g/mol. The second-order valence-corrected chi connectivity index (χ2v) is 8.98. The topological polar surface area (TPSA) is 109 Å². The average Bonchev–Trinajstić information content (AvgIpc) is 3.22. The van der Waals surface area contributed by atoms with E-state index in [0.29, 0.717) is 4.57 Å². The van der Waals surface area contributed by atoms with Gasteiger partial charge in [0.2, 0.25) is 0 Å². The van der Waals surface area contributed by atoms with E-state index >= 15 is 0 Å². The van der Waals surface area contributed by atoms with Gasteiger partial charge in [-0.1, -0.05) is 17.7 Å². The van der Waals surface area contributed by atoms with Crippen LogP contribution < -0.4 is 16.1 Å². The fourth-order valence-corrected chi connectivity index (χ4v) is 4.49. The Labute approximate surface area is 213 Å². The first kappa shape index (κ1) is 25.4. The molecule has 5 rings (SSSR count). The first-order valence-corrected chi connectivity index (χ1v) is 11.1. The maximum Gasteiger partial charge on any atom is 0.420 e. The van der Waals surface area contributed by atoms with Crippen molar-refractivity contribution in [2.24, 2.45) is 0 Å². The van der Waals surface area contributed by atoms with Gasteiger partial charge in [-0.25, -0.2) is 23.1 Å². The minimum absolute atomic E-state index is 0.0339. The van der Waals surface area contributed by atoms with Crippen molar-refractivity contribution in [3.8, 4) is 23.0 Å². The van der Waals surface area contributed by atoms with E-state index in [1.165, 1.54) is 10.6 Å². The smallest absolute Gasteiger partial charge is 0.378 e. The summed E-state index contributed by atoms with van der Waals surface area (Å²) in [4.78, 5) is 32.4. The summed E-state index contributed by atoms with van der Waals surface area (Å²) in [6, 6.07) is 6.91. The van der Waals surface area contributed by atoms with Crippen molar-refractivity contribution >= 4 is 23.1 Å². The number of hydrogen-bond acceptors (Lipinski definition) is 6. The summed E-state index contributed by atoms with van der Waals surface area (Å²) < 4.78 is 70.3. The van der Waals surface area contributed by atoms with Gasteiger partial charge < -0.3 is 10.0 Å². The lowest BCUT2D eigenvalue weighted by molar-refractivity contribution is -0.267. The molecule has 1 aliphatic heterocycles. The number of β-amino-alcohol motifs (C(OH)–C–C–N with tert-alkyl or cyclic N) is 1. The zero-order valence-corrected chi connectivity index (χ0v) is 19.6. The van der Waals surface area contributed by atoms with Gasteiger partial charge in [0.05, 0.1) is 35.9 Å². The van der Waals surface area contributed by atoms with E-state index in [2.05, 4.69) is 4.98 Å². The molecule has 38 heavy (non-hydrogen) atoms. The zero-order valence-electron chi connectivity index (χ0n) is 18.9. The van der Waals surface area contributed by atoms with Crippen LogP contribution in [-0.2, 0) is 6.54 Å². The van der Waals surface area contributed by atoms with E-state index in [9.17, 15) is 41.9 Å². The van der Waals surface area contributed by atoms with Gasteiger partial charge in [-0.2, -0.15) is 18.4 Å². The van der Waals surface area contributed by atoms with Gasteiger partial charge in [0.25, 0.3) is 5.56 Å². The van der Waals surface area contributed by atoms with Crippen LogP contribution in [0.1, 0.15) is 0 Å². The number of aromatic nitrogens is 4. The minimum atomic E-state index is -5.01. The number of hydrogen-bond donors (Lipinski definition) is 1. The average molecular weight is 553 g/mol. The van der Waals surface area contributed by atoms with Crippen molar-refractivity contribution in [1.82, 2.24) is 18.5 Å². The zero-order chi connectivity index (χ0) is 27.6. The van der Waals surface area contributed by atoms with Crippen LogP contribution >= 0.6 is 11.6 Å². The SMILES string of the molecule is N#CCn1c(N2CC(O)(C(F)(F)F)C2)c(-c2ccc(F)c(Cl)c2)c(=O)n(-c2cnc3cc(F)ccn23)c1=O. The Morgan fingerprint density at radius 2 is 1.87 bits per heavy atom. The first-order chi connectivity index (χ1) is 17.9. The molecule has 0 aliphatic carbocycles. The van der Waals surface area contributed by atoms with Gasteiger partial charge in [0.15, 0.2) is 5.60 Å². The summed E-state index contributed by atoms with van der Waals surface area (Å²) in [5.74, 6) is -2.04. The highest BCUT2D eigenvalue weighted by Gasteiger charge is 2.61. The molecule has 0 radical (unpaired) electrons. The van der Waals surface area contributed by atoms with Crippen LogP contribution in [0.15, 0.2) is 52.3 Å². The summed E-state index contributed by atoms with van der Waals surface area (Å²) in [7, 11) is 0. The second kappa shape index (κ2) is 8.67. The number of fused-ring (bicyclic) bond motifs is 1. The van der Waals surface area contributed by atoms with Gasteiger partial charge in [-0.15, -0.1) is 0 Å². The Balaban J connectivity index is 1.84.